The van der Waals surface area contributed by atoms with Gasteiger partial charge in [-0.1, -0.05) is 12.5 Å². The van der Waals surface area contributed by atoms with E-state index in [0.717, 1.165) is 25.8 Å². The normalized spacial score (nSPS) is 17.1. The Morgan fingerprint density at radius 3 is 2.62 bits per heavy atom. The van der Waals surface area contributed by atoms with Gasteiger partial charge in [0.05, 0.1) is 6.04 Å². The number of nitrogens with one attached hydrogen (secondary N) is 3. The second-order valence-electron chi connectivity index (χ2n) is 5.76. The average Bonchev–Trinajstić information content (AvgIpc) is 2.63. The molecule has 1 aromatic heterocycles. The van der Waals surface area contributed by atoms with Gasteiger partial charge < -0.3 is 16.0 Å². The molecule has 2 amide bonds. The highest BCUT2D eigenvalue weighted by atomic mass is 16.2. The van der Waals surface area contributed by atoms with Crippen LogP contribution in [-0.2, 0) is 4.79 Å². The Kier molecular flexibility index (Phi) is 5.18. The van der Waals surface area contributed by atoms with E-state index >= 15 is 0 Å². The maximum Gasteiger partial charge on any atom is 0.255 e. The number of anilines is 2. The van der Waals surface area contributed by atoms with Crippen molar-refractivity contribution in [3.05, 3.63) is 54.4 Å². The molecular formula is C18H20N4O2. The molecule has 24 heavy (non-hydrogen) atoms. The Morgan fingerprint density at radius 1 is 1.04 bits per heavy atom. The third kappa shape index (κ3) is 4.17. The molecule has 0 spiro atoms. The van der Waals surface area contributed by atoms with Gasteiger partial charge in [0.1, 0.15) is 0 Å². The van der Waals surface area contributed by atoms with E-state index in [9.17, 15) is 9.59 Å². The molecule has 124 valence electrons. The van der Waals surface area contributed by atoms with Crippen molar-refractivity contribution in [3.63, 3.8) is 0 Å². The first-order valence-corrected chi connectivity index (χ1v) is 8.08. The summed E-state index contributed by atoms with van der Waals surface area (Å²) >= 11 is 0. The number of nitrogens with zero attached hydrogens (tertiary/aromatic N) is 1. The maximum atomic E-state index is 12.3. The molecule has 3 rings (SSSR count). The van der Waals surface area contributed by atoms with E-state index in [4.69, 9.17) is 0 Å². The van der Waals surface area contributed by atoms with Crippen molar-refractivity contribution in [1.82, 2.24) is 10.3 Å². The molecule has 2 heterocycles. The standard InChI is InChI=1S/C18H20N4O2/c23-17(21-14-7-10-19-11-8-14)13-4-3-5-15(12-13)22-18(24)16-6-1-2-9-20-16/h3-5,7-8,10-12,16,20H,1-2,6,9H2,(H,22,24)(H,19,21,23)/t16-/m1/s1. The third-order valence-electron chi connectivity index (χ3n) is 3.96. The van der Waals surface area contributed by atoms with Crippen LogP contribution in [0.1, 0.15) is 29.6 Å². The fourth-order valence-electron chi connectivity index (χ4n) is 2.68. The predicted molar refractivity (Wildman–Crippen MR) is 92.9 cm³/mol. The summed E-state index contributed by atoms with van der Waals surface area (Å²) in [5, 5.41) is 8.89. The number of hydrogen-bond acceptors (Lipinski definition) is 4. The molecule has 6 heteroatoms. The van der Waals surface area contributed by atoms with E-state index in [0.29, 0.717) is 16.9 Å². The second kappa shape index (κ2) is 7.70. The number of carbonyl (C=O) groups excluding carboxylic acids is 2. The molecule has 1 saturated heterocycles. The summed E-state index contributed by atoms with van der Waals surface area (Å²) in [5.41, 5.74) is 1.78. The lowest BCUT2D eigenvalue weighted by Crippen LogP contribution is -2.43. The van der Waals surface area contributed by atoms with Crippen molar-refractivity contribution in [1.29, 1.82) is 0 Å². The summed E-state index contributed by atoms with van der Waals surface area (Å²) in [7, 11) is 0. The summed E-state index contributed by atoms with van der Waals surface area (Å²) in [6.45, 7) is 0.868. The van der Waals surface area contributed by atoms with Crippen LogP contribution in [0.3, 0.4) is 0 Å². The van der Waals surface area contributed by atoms with Crippen LogP contribution in [0, 0.1) is 0 Å². The second-order valence-corrected chi connectivity index (χ2v) is 5.76. The van der Waals surface area contributed by atoms with Crippen molar-refractivity contribution in [2.24, 2.45) is 0 Å². The Balaban J connectivity index is 1.65. The number of piperidine rings is 1. The van der Waals surface area contributed by atoms with Gasteiger partial charge in [-0.05, 0) is 49.7 Å². The first kappa shape index (κ1) is 16.1. The summed E-state index contributed by atoms with van der Waals surface area (Å²) < 4.78 is 0. The lowest BCUT2D eigenvalue weighted by atomic mass is 10.0. The Morgan fingerprint density at radius 2 is 1.88 bits per heavy atom. The molecule has 1 fully saturated rings. The minimum Gasteiger partial charge on any atom is -0.325 e. The maximum absolute atomic E-state index is 12.3. The average molecular weight is 324 g/mol. The van der Waals surface area contributed by atoms with E-state index in [-0.39, 0.29) is 17.9 Å². The van der Waals surface area contributed by atoms with Crippen LogP contribution in [-0.4, -0.2) is 29.4 Å². The van der Waals surface area contributed by atoms with Gasteiger partial charge in [-0.25, -0.2) is 0 Å². The molecule has 3 N–H and O–H groups in total. The molecule has 1 aromatic carbocycles. The highest BCUT2D eigenvalue weighted by Gasteiger charge is 2.20. The monoisotopic (exact) mass is 324 g/mol. The van der Waals surface area contributed by atoms with Crippen molar-refractivity contribution < 1.29 is 9.59 Å². The molecule has 0 radical (unpaired) electrons. The van der Waals surface area contributed by atoms with Crippen LogP contribution in [0.5, 0.6) is 0 Å². The molecular weight excluding hydrogens is 304 g/mol. The van der Waals surface area contributed by atoms with Crippen LogP contribution in [0.4, 0.5) is 11.4 Å². The van der Waals surface area contributed by atoms with Crippen LogP contribution < -0.4 is 16.0 Å². The molecule has 0 aliphatic carbocycles. The fraction of sp³-hybridized carbons (Fsp3) is 0.278. The van der Waals surface area contributed by atoms with Gasteiger partial charge in [0.2, 0.25) is 5.91 Å². The fourth-order valence-corrected chi connectivity index (χ4v) is 2.68. The molecule has 1 aliphatic rings. The van der Waals surface area contributed by atoms with Crippen LogP contribution in [0.25, 0.3) is 0 Å². The van der Waals surface area contributed by atoms with E-state index in [2.05, 4.69) is 20.9 Å². The lowest BCUT2D eigenvalue weighted by Gasteiger charge is -2.22. The Hall–Kier alpha value is -2.73. The number of carbonyl (C=O) groups is 2. The first-order chi connectivity index (χ1) is 11.7. The number of benzene rings is 1. The SMILES string of the molecule is O=C(Nc1ccncc1)c1cccc(NC(=O)[C@H]2CCCCN2)c1. The molecule has 0 saturated carbocycles. The number of aromatic nitrogens is 1. The quantitative estimate of drug-likeness (QED) is 0.806. The highest BCUT2D eigenvalue weighted by Crippen LogP contribution is 2.15. The predicted octanol–water partition coefficient (Wildman–Crippen LogP) is 2.41. The molecule has 0 bridgehead atoms. The number of pyridine rings is 1. The topological polar surface area (TPSA) is 83.1 Å². The molecule has 1 aliphatic heterocycles. The zero-order chi connectivity index (χ0) is 16.8. The summed E-state index contributed by atoms with van der Waals surface area (Å²) in [6.07, 6.45) is 6.23. The minimum absolute atomic E-state index is 0.0543. The van der Waals surface area contributed by atoms with Gasteiger partial charge in [0.25, 0.3) is 5.91 Å². The van der Waals surface area contributed by atoms with Crippen LogP contribution >= 0.6 is 0 Å². The zero-order valence-electron chi connectivity index (χ0n) is 13.3. The van der Waals surface area contributed by atoms with E-state index in [1.165, 1.54) is 0 Å². The van der Waals surface area contributed by atoms with Crippen molar-refractivity contribution in [3.8, 4) is 0 Å². The van der Waals surface area contributed by atoms with Gasteiger partial charge in [-0.15, -0.1) is 0 Å². The van der Waals surface area contributed by atoms with Crippen LogP contribution in [0.15, 0.2) is 48.8 Å². The third-order valence-corrected chi connectivity index (χ3v) is 3.96. The van der Waals surface area contributed by atoms with Gasteiger partial charge >= 0.3 is 0 Å². The number of hydrogen-bond donors (Lipinski definition) is 3. The van der Waals surface area contributed by atoms with Crippen LogP contribution in [0.2, 0.25) is 0 Å². The van der Waals surface area contributed by atoms with E-state index in [1.54, 1.807) is 48.8 Å². The van der Waals surface area contributed by atoms with E-state index < -0.39 is 0 Å². The van der Waals surface area contributed by atoms with Crippen molar-refractivity contribution >= 4 is 23.2 Å². The van der Waals surface area contributed by atoms with Gasteiger partial charge in [0.15, 0.2) is 0 Å². The van der Waals surface area contributed by atoms with Crippen molar-refractivity contribution in [2.75, 3.05) is 17.2 Å². The summed E-state index contributed by atoms with van der Waals surface area (Å²) in [4.78, 5) is 28.5. The molecule has 2 aromatic rings. The van der Waals surface area contributed by atoms with Gasteiger partial charge in [-0.2, -0.15) is 0 Å². The molecule has 0 unspecified atom stereocenters. The minimum atomic E-state index is -0.229. The van der Waals surface area contributed by atoms with E-state index in [1.807, 2.05) is 0 Å². The van der Waals surface area contributed by atoms with Crippen molar-refractivity contribution in [2.45, 2.75) is 25.3 Å². The number of amides is 2. The van der Waals surface area contributed by atoms with Gasteiger partial charge in [-0.3, -0.25) is 14.6 Å². The first-order valence-electron chi connectivity index (χ1n) is 8.08. The molecule has 1 atom stereocenters. The Labute approximate surface area is 140 Å². The largest absolute Gasteiger partial charge is 0.325 e. The Bertz CT molecular complexity index is 712. The number of rotatable bonds is 4. The summed E-state index contributed by atoms with van der Waals surface area (Å²) in [6, 6.07) is 10.2. The highest BCUT2D eigenvalue weighted by molar-refractivity contribution is 6.05. The zero-order valence-corrected chi connectivity index (χ0v) is 13.3. The summed E-state index contributed by atoms with van der Waals surface area (Å²) in [5.74, 6) is -0.283. The van der Waals surface area contributed by atoms with Gasteiger partial charge in [0, 0.05) is 29.3 Å². The lowest BCUT2D eigenvalue weighted by molar-refractivity contribution is -0.118. The molecule has 6 nitrogen and oxygen atoms in total. The smallest absolute Gasteiger partial charge is 0.255 e.